The Hall–Kier alpha value is -2.11. The lowest BCUT2D eigenvalue weighted by molar-refractivity contribution is -0.141. The summed E-state index contributed by atoms with van der Waals surface area (Å²) in [6.07, 6.45) is 4.44. The van der Waals surface area contributed by atoms with Gasteiger partial charge in [0.15, 0.2) is 0 Å². The third-order valence-corrected chi connectivity index (χ3v) is 3.10. The van der Waals surface area contributed by atoms with Crippen molar-refractivity contribution in [1.29, 1.82) is 0 Å². The minimum Gasteiger partial charge on any atom is -0.480 e. The average Bonchev–Trinajstić information content (AvgIpc) is 2.87. The van der Waals surface area contributed by atoms with E-state index in [-0.39, 0.29) is 6.03 Å². The van der Waals surface area contributed by atoms with Gasteiger partial charge in [0.1, 0.15) is 6.04 Å². The third-order valence-electron chi connectivity index (χ3n) is 3.10. The molecule has 96 valence electrons. The van der Waals surface area contributed by atoms with Crippen LogP contribution in [0.5, 0.6) is 0 Å². The molecule has 1 unspecified atom stereocenters. The molecule has 2 heterocycles. The molecular weight excluding hydrogens is 234 g/mol. The van der Waals surface area contributed by atoms with Gasteiger partial charge in [-0.3, -0.25) is 9.88 Å². The maximum atomic E-state index is 12.2. The number of carbonyl (C=O) groups excluding carboxylic acids is 1. The summed E-state index contributed by atoms with van der Waals surface area (Å²) in [6.45, 7) is 0.487. The van der Waals surface area contributed by atoms with Crippen LogP contribution in [-0.4, -0.2) is 46.6 Å². The molecule has 0 radical (unpaired) electrons. The van der Waals surface area contributed by atoms with Gasteiger partial charge in [-0.05, 0) is 25.0 Å². The molecule has 6 nitrogen and oxygen atoms in total. The lowest BCUT2D eigenvalue weighted by Crippen LogP contribution is -2.46. The van der Waals surface area contributed by atoms with Crippen molar-refractivity contribution in [3.63, 3.8) is 0 Å². The molecule has 2 amide bonds. The quantitative estimate of drug-likeness (QED) is 0.854. The smallest absolute Gasteiger partial charge is 0.326 e. The summed E-state index contributed by atoms with van der Waals surface area (Å²) in [4.78, 5) is 30.0. The normalized spacial score (nSPS) is 18.7. The number of pyridine rings is 1. The highest BCUT2D eigenvalue weighted by atomic mass is 16.4. The molecule has 1 atom stereocenters. The zero-order chi connectivity index (χ0) is 13.1. The Morgan fingerprint density at radius 2 is 2.33 bits per heavy atom. The minimum absolute atomic E-state index is 0.298. The molecule has 0 aromatic carbocycles. The van der Waals surface area contributed by atoms with Crippen LogP contribution in [0.25, 0.3) is 0 Å². The predicted molar refractivity (Wildman–Crippen MR) is 65.4 cm³/mol. The number of likely N-dealkylation sites (tertiary alicyclic amines) is 1. The van der Waals surface area contributed by atoms with Crippen LogP contribution in [0.4, 0.5) is 10.5 Å². The van der Waals surface area contributed by atoms with Crippen molar-refractivity contribution in [2.75, 3.05) is 18.5 Å². The van der Waals surface area contributed by atoms with Crippen molar-refractivity contribution in [2.45, 2.75) is 18.9 Å². The first kappa shape index (κ1) is 12.3. The number of aromatic nitrogens is 1. The molecule has 1 aromatic rings. The molecule has 6 heteroatoms. The lowest BCUT2D eigenvalue weighted by atomic mass is 10.2. The fourth-order valence-corrected chi connectivity index (χ4v) is 2.11. The Bertz CT molecular complexity index is 449. The summed E-state index contributed by atoms with van der Waals surface area (Å²) in [5.74, 6) is -0.944. The fraction of sp³-hybridized carbons (Fsp3) is 0.417. The maximum absolute atomic E-state index is 12.2. The first-order valence-corrected chi connectivity index (χ1v) is 5.78. The Morgan fingerprint density at radius 1 is 1.56 bits per heavy atom. The van der Waals surface area contributed by atoms with Crippen LogP contribution in [0.3, 0.4) is 0 Å². The second-order valence-electron chi connectivity index (χ2n) is 4.24. The van der Waals surface area contributed by atoms with Crippen molar-refractivity contribution in [3.8, 4) is 0 Å². The molecule has 0 aliphatic carbocycles. The van der Waals surface area contributed by atoms with Crippen LogP contribution in [0.1, 0.15) is 12.8 Å². The number of hydrogen-bond donors (Lipinski definition) is 1. The second kappa shape index (κ2) is 5.03. The van der Waals surface area contributed by atoms with E-state index in [2.05, 4.69) is 4.98 Å². The SMILES string of the molecule is CN(C(=O)N1CCCC1C(=O)O)c1cccnc1. The van der Waals surface area contributed by atoms with Gasteiger partial charge in [-0.1, -0.05) is 0 Å². The Kier molecular flexibility index (Phi) is 3.45. The molecule has 18 heavy (non-hydrogen) atoms. The molecule has 1 saturated heterocycles. The Balaban J connectivity index is 2.14. The van der Waals surface area contributed by atoms with Gasteiger partial charge in [0.2, 0.25) is 0 Å². The van der Waals surface area contributed by atoms with Crippen molar-refractivity contribution in [1.82, 2.24) is 9.88 Å². The number of anilines is 1. The summed E-state index contributed by atoms with van der Waals surface area (Å²) < 4.78 is 0. The number of carboxylic acid groups (broad SMARTS) is 1. The van der Waals surface area contributed by atoms with Gasteiger partial charge < -0.3 is 10.0 Å². The van der Waals surface area contributed by atoms with Crippen molar-refractivity contribution in [3.05, 3.63) is 24.5 Å². The lowest BCUT2D eigenvalue weighted by Gasteiger charge is -2.27. The number of carbonyl (C=O) groups is 2. The number of carboxylic acids is 1. The first-order valence-electron chi connectivity index (χ1n) is 5.78. The second-order valence-corrected chi connectivity index (χ2v) is 4.24. The monoisotopic (exact) mass is 249 g/mol. The average molecular weight is 249 g/mol. The predicted octanol–water partition coefficient (Wildman–Crippen LogP) is 1.19. The molecule has 0 bridgehead atoms. The minimum atomic E-state index is -0.944. The Morgan fingerprint density at radius 3 is 2.94 bits per heavy atom. The molecule has 0 spiro atoms. The van der Waals surface area contributed by atoms with Crippen LogP contribution in [-0.2, 0) is 4.79 Å². The zero-order valence-corrected chi connectivity index (χ0v) is 10.1. The van der Waals surface area contributed by atoms with Crippen LogP contribution in [0.2, 0.25) is 0 Å². The van der Waals surface area contributed by atoms with E-state index in [9.17, 15) is 9.59 Å². The number of nitrogens with zero attached hydrogens (tertiary/aromatic N) is 3. The summed E-state index contributed by atoms with van der Waals surface area (Å²) >= 11 is 0. The van der Waals surface area contributed by atoms with E-state index in [4.69, 9.17) is 5.11 Å². The van der Waals surface area contributed by atoms with E-state index in [0.29, 0.717) is 18.7 Å². The Labute approximate surface area is 105 Å². The van der Waals surface area contributed by atoms with Gasteiger partial charge in [-0.25, -0.2) is 9.59 Å². The summed E-state index contributed by atoms with van der Waals surface area (Å²) in [7, 11) is 1.62. The standard InChI is InChI=1S/C12H15N3O3/c1-14(9-4-2-6-13-8-9)12(18)15-7-3-5-10(15)11(16)17/h2,4,6,8,10H,3,5,7H2,1H3,(H,16,17). The fourth-order valence-electron chi connectivity index (χ4n) is 2.11. The van der Waals surface area contributed by atoms with E-state index in [1.54, 1.807) is 31.6 Å². The van der Waals surface area contributed by atoms with E-state index in [1.807, 2.05) is 0 Å². The number of aliphatic carboxylic acids is 1. The molecule has 1 aliphatic heterocycles. The summed E-state index contributed by atoms with van der Waals surface area (Å²) in [5.41, 5.74) is 0.651. The van der Waals surface area contributed by atoms with E-state index < -0.39 is 12.0 Å². The molecule has 1 N–H and O–H groups in total. The van der Waals surface area contributed by atoms with Crippen molar-refractivity contribution < 1.29 is 14.7 Å². The molecule has 1 fully saturated rings. The highest BCUT2D eigenvalue weighted by molar-refractivity contribution is 5.94. The summed E-state index contributed by atoms with van der Waals surface area (Å²) in [6, 6.07) is 2.48. The number of amides is 2. The van der Waals surface area contributed by atoms with Crippen molar-refractivity contribution in [2.24, 2.45) is 0 Å². The van der Waals surface area contributed by atoms with Crippen LogP contribution in [0.15, 0.2) is 24.5 Å². The third kappa shape index (κ3) is 2.27. The van der Waals surface area contributed by atoms with Gasteiger partial charge in [-0.2, -0.15) is 0 Å². The molecule has 1 aromatic heterocycles. The maximum Gasteiger partial charge on any atom is 0.326 e. The molecule has 1 aliphatic rings. The highest BCUT2D eigenvalue weighted by Gasteiger charge is 2.35. The van der Waals surface area contributed by atoms with Crippen LogP contribution >= 0.6 is 0 Å². The topological polar surface area (TPSA) is 73.7 Å². The summed E-state index contributed by atoms with van der Waals surface area (Å²) in [5, 5.41) is 9.06. The van der Waals surface area contributed by atoms with Gasteiger partial charge in [0, 0.05) is 19.8 Å². The van der Waals surface area contributed by atoms with E-state index in [1.165, 1.54) is 9.80 Å². The van der Waals surface area contributed by atoms with Crippen molar-refractivity contribution >= 4 is 17.7 Å². The number of rotatable bonds is 2. The molecule has 2 rings (SSSR count). The largest absolute Gasteiger partial charge is 0.480 e. The number of hydrogen-bond acceptors (Lipinski definition) is 3. The van der Waals surface area contributed by atoms with Gasteiger partial charge in [0.05, 0.1) is 11.9 Å². The molecule has 0 saturated carbocycles. The highest BCUT2D eigenvalue weighted by Crippen LogP contribution is 2.21. The van der Waals surface area contributed by atoms with E-state index in [0.717, 1.165) is 6.42 Å². The van der Waals surface area contributed by atoms with E-state index >= 15 is 0 Å². The van der Waals surface area contributed by atoms with Gasteiger partial charge in [0.25, 0.3) is 0 Å². The zero-order valence-electron chi connectivity index (χ0n) is 10.1. The first-order chi connectivity index (χ1) is 8.61. The van der Waals surface area contributed by atoms with Gasteiger partial charge in [-0.15, -0.1) is 0 Å². The molecular formula is C12H15N3O3. The number of urea groups is 1. The van der Waals surface area contributed by atoms with Gasteiger partial charge >= 0.3 is 12.0 Å². The van der Waals surface area contributed by atoms with Crippen LogP contribution < -0.4 is 4.90 Å². The van der Waals surface area contributed by atoms with Crippen LogP contribution in [0, 0.1) is 0 Å².